The van der Waals surface area contributed by atoms with Gasteiger partial charge >= 0.3 is 0 Å². The molecule has 18 heteroatoms. The molecule has 1 aromatic heterocycles. The maximum absolute atomic E-state index is 10.6. The third kappa shape index (κ3) is 6.84. The van der Waals surface area contributed by atoms with Crippen LogP contribution in [-0.2, 0) is 18.7 Å². The monoisotopic (exact) mass is 585 g/mol. The lowest BCUT2D eigenvalue weighted by Gasteiger charge is -2.10. The van der Waals surface area contributed by atoms with Crippen molar-refractivity contribution in [3.05, 3.63) is 53.0 Å². The van der Waals surface area contributed by atoms with Crippen molar-refractivity contribution in [3.63, 3.8) is 0 Å². The first kappa shape index (κ1) is 27.0. The van der Waals surface area contributed by atoms with Crippen LogP contribution >= 0.6 is 47.3 Å². The molecule has 0 amide bonds. The van der Waals surface area contributed by atoms with Gasteiger partial charge in [0.05, 0.1) is 40.1 Å². The molecule has 14 nitrogen and oxygen atoms in total. The van der Waals surface area contributed by atoms with Gasteiger partial charge in [-0.15, -0.1) is 18.9 Å². The van der Waals surface area contributed by atoms with E-state index in [0.29, 0.717) is 50.3 Å². The number of halogens is 2. The number of hydrogen-bond acceptors (Lipinski definition) is 16. The van der Waals surface area contributed by atoms with Gasteiger partial charge < -0.3 is 16.2 Å². The van der Waals surface area contributed by atoms with Crippen molar-refractivity contribution in [2.24, 2.45) is 10.2 Å². The molecule has 0 bridgehead atoms. The SMILES string of the molecule is Nc1ccc2cc(SOOO)cc(O)c2c1N=Nc1ccc(Nc2nc(Cl)nc(Cl)n2)cc1SOOO. The van der Waals surface area contributed by atoms with E-state index in [4.69, 9.17) is 39.5 Å². The topological polar surface area (TPSA) is 199 Å². The first-order chi connectivity index (χ1) is 17.9. The Kier molecular flexibility index (Phi) is 9.11. The molecule has 0 radical (unpaired) electrons. The van der Waals surface area contributed by atoms with Crippen molar-refractivity contribution < 1.29 is 34.4 Å². The van der Waals surface area contributed by atoms with Crippen LogP contribution in [0, 0.1) is 0 Å². The van der Waals surface area contributed by atoms with E-state index >= 15 is 0 Å². The zero-order valence-electron chi connectivity index (χ0n) is 17.9. The average molecular weight is 586 g/mol. The summed E-state index contributed by atoms with van der Waals surface area (Å²) < 4.78 is 8.98. The van der Waals surface area contributed by atoms with Crippen molar-refractivity contribution in [2.45, 2.75) is 9.79 Å². The van der Waals surface area contributed by atoms with Crippen LogP contribution in [0.1, 0.15) is 0 Å². The normalized spacial score (nSPS) is 11.5. The lowest BCUT2D eigenvalue weighted by atomic mass is 10.1. The number of nitrogens with one attached hydrogen (secondary N) is 1. The Morgan fingerprint density at radius 3 is 2.35 bits per heavy atom. The Balaban J connectivity index is 1.68. The highest BCUT2D eigenvalue weighted by Crippen LogP contribution is 2.42. The summed E-state index contributed by atoms with van der Waals surface area (Å²) >= 11 is 12.9. The van der Waals surface area contributed by atoms with Gasteiger partial charge in [-0.25, -0.2) is 10.5 Å². The fourth-order valence-corrected chi connectivity index (χ4v) is 4.31. The Bertz CT molecular complexity index is 1450. The van der Waals surface area contributed by atoms with E-state index in [0.717, 1.165) is 0 Å². The van der Waals surface area contributed by atoms with Crippen LogP contribution in [0.5, 0.6) is 5.75 Å². The number of azo groups is 1. The molecule has 192 valence electrons. The summed E-state index contributed by atoms with van der Waals surface area (Å²) in [6, 6.07) is 11.1. The first-order valence-corrected chi connectivity index (χ1v) is 11.9. The van der Waals surface area contributed by atoms with E-state index in [1.807, 2.05) is 0 Å². The second-order valence-electron chi connectivity index (χ2n) is 6.70. The van der Waals surface area contributed by atoms with Gasteiger partial charge in [0.1, 0.15) is 17.1 Å². The molecule has 0 spiro atoms. The van der Waals surface area contributed by atoms with E-state index in [1.165, 1.54) is 6.07 Å². The smallest absolute Gasteiger partial charge is 0.232 e. The van der Waals surface area contributed by atoms with E-state index in [2.05, 4.69) is 49.2 Å². The number of fused-ring (bicyclic) bond motifs is 1. The highest BCUT2D eigenvalue weighted by atomic mass is 35.5. The molecule has 4 aromatic rings. The number of anilines is 3. The molecular formula is C19H13Cl2N7O7S2. The summed E-state index contributed by atoms with van der Waals surface area (Å²) in [6.45, 7) is 0. The van der Waals surface area contributed by atoms with Gasteiger partial charge in [0.25, 0.3) is 0 Å². The maximum Gasteiger partial charge on any atom is 0.232 e. The van der Waals surface area contributed by atoms with Crippen molar-refractivity contribution in [2.75, 3.05) is 11.1 Å². The molecule has 3 aromatic carbocycles. The molecule has 0 fully saturated rings. The zero-order chi connectivity index (χ0) is 26.4. The standard InChI is InChI=1S/C19H13Cl2N7O7S2/c20-17-24-18(21)26-19(25-17)23-9-2-4-12(14(6-9)37-35-33-31)27-28-16-11(22)3-1-8-5-10(36-34-32-30)7-13(29)15(8)16/h1-7,29-31H,22H2,(H,23,24,25,26). The van der Waals surface area contributed by atoms with Gasteiger partial charge in [-0.3, -0.25) is 0 Å². The Labute approximate surface area is 225 Å². The number of nitrogens with two attached hydrogens (primary N) is 1. The van der Waals surface area contributed by atoms with Gasteiger partial charge in [-0.1, -0.05) is 16.1 Å². The third-order valence-electron chi connectivity index (χ3n) is 4.44. The summed E-state index contributed by atoms with van der Waals surface area (Å²) in [5.41, 5.74) is 7.31. The quantitative estimate of drug-likeness (QED) is 0.0435. The molecule has 6 N–H and O–H groups in total. The minimum atomic E-state index is -0.163. The van der Waals surface area contributed by atoms with Crippen molar-refractivity contribution in [3.8, 4) is 5.75 Å². The molecule has 0 aliphatic rings. The Morgan fingerprint density at radius 1 is 0.892 bits per heavy atom. The molecule has 0 aliphatic carbocycles. The summed E-state index contributed by atoms with van der Waals surface area (Å²) in [6.07, 6.45) is 0. The lowest BCUT2D eigenvalue weighted by Crippen LogP contribution is -1.99. The largest absolute Gasteiger partial charge is 0.507 e. The van der Waals surface area contributed by atoms with Crippen LogP contribution in [0.3, 0.4) is 0 Å². The number of nitrogen functional groups attached to an aromatic ring is 1. The Hall–Kier alpha value is -3.03. The van der Waals surface area contributed by atoms with E-state index in [9.17, 15) is 5.11 Å². The number of rotatable bonds is 10. The van der Waals surface area contributed by atoms with Crippen molar-refractivity contribution in [1.82, 2.24) is 15.0 Å². The van der Waals surface area contributed by atoms with Crippen LogP contribution in [0.2, 0.25) is 10.6 Å². The van der Waals surface area contributed by atoms with Crippen LogP contribution in [0.25, 0.3) is 10.8 Å². The summed E-state index contributed by atoms with van der Waals surface area (Å²) in [5.74, 6) is -0.0780. The highest BCUT2D eigenvalue weighted by molar-refractivity contribution is 7.94. The number of nitrogens with zero attached hydrogens (tertiary/aromatic N) is 5. The number of hydrogen-bond donors (Lipinski definition) is 5. The van der Waals surface area contributed by atoms with Crippen molar-refractivity contribution >= 4 is 86.8 Å². The zero-order valence-corrected chi connectivity index (χ0v) is 21.0. The fraction of sp³-hybridized carbons (Fsp3) is 0. The van der Waals surface area contributed by atoms with E-state index in [1.54, 1.807) is 36.4 Å². The van der Waals surface area contributed by atoms with Crippen molar-refractivity contribution in [1.29, 1.82) is 0 Å². The summed E-state index contributed by atoms with van der Waals surface area (Å²) in [5, 5.41) is 46.9. The number of benzene rings is 3. The predicted molar refractivity (Wildman–Crippen MR) is 135 cm³/mol. The molecule has 1 heterocycles. The van der Waals surface area contributed by atoms with Crippen LogP contribution < -0.4 is 11.1 Å². The molecule has 0 saturated carbocycles. The van der Waals surface area contributed by atoms with E-state index < -0.39 is 0 Å². The first-order valence-electron chi connectivity index (χ1n) is 9.62. The Morgan fingerprint density at radius 2 is 1.62 bits per heavy atom. The molecular weight excluding hydrogens is 573 g/mol. The van der Waals surface area contributed by atoms with Crippen LogP contribution in [0.4, 0.5) is 28.7 Å². The van der Waals surface area contributed by atoms with Crippen LogP contribution in [-0.4, -0.2) is 30.6 Å². The highest BCUT2D eigenvalue weighted by Gasteiger charge is 2.14. The predicted octanol–water partition coefficient (Wildman–Crippen LogP) is 6.64. The molecule has 0 aliphatic heterocycles. The fourth-order valence-electron chi connectivity index (χ4n) is 3.03. The summed E-state index contributed by atoms with van der Waals surface area (Å²) in [4.78, 5) is 12.3. The van der Waals surface area contributed by atoms with E-state index in [-0.39, 0.29) is 39.3 Å². The van der Waals surface area contributed by atoms with Gasteiger partial charge in [0, 0.05) is 10.6 Å². The van der Waals surface area contributed by atoms with Gasteiger partial charge in [0.2, 0.25) is 16.5 Å². The molecule has 37 heavy (non-hydrogen) atoms. The van der Waals surface area contributed by atoms with Gasteiger partial charge in [-0.2, -0.15) is 15.0 Å². The summed E-state index contributed by atoms with van der Waals surface area (Å²) in [7, 11) is 0. The minimum Gasteiger partial charge on any atom is -0.507 e. The number of phenols is 1. The average Bonchev–Trinajstić information content (AvgIpc) is 2.86. The second kappa shape index (κ2) is 12.5. The van der Waals surface area contributed by atoms with Gasteiger partial charge in [0.15, 0.2) is 0 Å². The lowest BCUT2D eigenvalue weighted by molar-refractivity contribution is -0.432. The maximum atomic E-state index is 10.6. The number of phenolic OH excluding ortho intramolecular Hbond substituents is 1. The number of aromatic nitrogens is 3. The molecule has 4 rings (SSSR count). The molecule has 0 saturated heterocycles. The van der Waals surface area contributed by atoms with Crippen LogP contribution in [0.15, 0.2) is 62.5 Å². The molecule has 0 atom stereocenters. The van der Waals surface area contributed by atoms with Gasteiger partial charge in [-0.05, 0) is 65.0 Å². The molecule has 0 unspecified atom stereocenters. The minimum absolute atomic E-state index is 0.0853. The second-order valence-corrected chi connectivity index (χ2v) is 8.89. The third-order valence-corrected chi connectivity index (χ3v) is 5.97. The number of aromatic hydroxyl groups is 1.